The number of alkyl halides is 1. The zero-order chi connectivity index (χ0) is 8.81. The molecule has 0 radical (unpaired) electrons. The Balaban J connectivity index is 2.11. The average Bonchev–Trinajstić information content (AvgIpc) is 2.53. The van der Waals surface area contributed by atoms with Crippen molar-refractivity contribution in [3.05, 3.63) is 11.6 Å². The van der Waals surface area contributed by atoms with E-state index in [4.69, 9.17) is 4.74 Å². The zero-order valence-electron chi connectivity index (χ0n) is 7.68. The molecule has 0 aromatic carbocycles. The summed E-state index contributed by atoms with van der Waals surface area (Å²) < 4.78 is 5.54. The third-order valence-electron chi connectivity index (χ3n) is 2.31. The van der Waals surface area contributed by atoms with Gasteiger partial charge in [-0.25, -0.2) is 0 Å². The molecule has 12 heavy (non-hydrogen) atoms. The third-order valence-corrected chi connectivity index (χ3v) is 2.63. The molecule has 0 aliphatic carbocycles. The van der Waals surface area contributed by atoms with Crippen molar-refractivity contribution in [2.45, 2.75) is 38.7 Å². The summed E-state index contributed by atoms with van der Waals surface area (Å²) in [5, 5.41) is 0.977. The van der Waals surface area contributed by atoms with E-state index in [0.717, 1.165) is 11.9 Å². The first-order valence-corrected chi connectivity index (χ1v) is 5.78. The largest absolute Gasteiger partial charge is 0.378 e. The highest BCUT2D eigenvalue weighted by Gasteiger charge is 2.14. The van der Waals surface area contributed by atoms with Gasteiger partial charge in [-0.1, -0.05) is 27.6 Å². The number of hydrogen-bond acceptors (Lipinski definition) is 1. The molecule has 70 valence electrons. The van der Waals surface area contributed by atoms with Crippen molar-refractivity contribution in [3.63, 3.8) is 0 Å². The molecule has 1 heterocycles. The minimum absolute atomic E-state index is 0.545. The summed E-state index contributed by atoms with van der Waals surface area (Å²) in [6.45, 7) is 3.17. The lowest BCUT2D eigenvalue weighted by Gasteiger charge is -2.08. The van der Waals surface area contributed by atoms with Gasteiger partial charge in [0.1, 0.15) is 0 Å². The van der Waals surface area contributed by atoms with Crippen molar-refractivity contribution in [3.8, 4) is 0 Å². The average molecular weight is 233 g/mol. The van der Waals surface area contributed by atoms with Gasteiger partial charge in [0.25, 0.3) is 0 Å². The molecule has 2 heteroatoms. The lowest BCUT2D eigenvalue weighted by atomic mass is 10.1. The Hall–Kier alpha value is 0.180. The lowest BCUT2D eigenvalue weighted by Crippen LogP contribution is -2.04. The molecule has 0 saturated carbocycles. The Bertz CT molecular complexity index is 148. The first-order valence-electron chi connectivity index (χ1n) is 4.66. The van der Waals surface area contributed by atoms with Crippen LogP contribution in [0.2, 0.25) is 0 Å². The zero-order valence-corrected chi connectivity index (χ0v) is 9.27. The molecule has 1 atom stereocenters. The molecular formula is C10H17BrO. The molecule has 0 amide bonds. The molecule has 0 N–H and O–H groups in total. The van der Waals surface area contributed by atoms with Crippen molar-refractivity contribution < 1.29 is 4.74 Å². The van der Waals surface area contributed by atoms with Crippen LogP contribution in [-0.4, -0.2) is 18.0 Å². The lowest BCUT2D eigenvalue weighted by molar-refractivity contribution is 0.104. The predicted molar refractivity (Wildman–Crippen MR) is 55.8 cm³/mol. The summed E-state index contributed by atoms with van der Waals surface area (Å²) in [5.41, 5.74) is 1.47. The summed E-state index contributed by atoms with van der Waals surface area (Å²) in [4.78, 5) is 0. The first kappa shape index (κ1) is 10.3. The van der Waals surface area contributed by atoms with Crippen LogP contribution in [0.3, 0.4) is 0 Å². The van der Waals surface area contributed by atoms with Gasteiger partial charge in [0.2, 0.25) is 0 Å². The van der Waals surface area contributed by atoms with Crippen LogP contribution in [0, 0.1) is 0 Å². The predicted octanol–water partition coefficient (Wildman–Crippen LogP) is 3.29. The van der Waals surface area contributed by atoms with Crippen LogP contribution in [0.4, 0.5) is 0 Å². The number of rotatable bonds is 4. The molecule has 0 aromatic heterocycles. The van der Waals surface area contributed by atoms with Crippen LogP contribution in [0.5, 0.6) is 0 Å². The molecule has 0 spiro atoms. The Labute approximate surface area is 83.3 Å². The van der Waals surface area contributed by atoms with E-state index < -0.39 is 0 Å². The number of hydrogen-bond donors (Lipinski definition) is 0. The van der Waals surface area contributed by atoms with Gasteiger partial charge >= 0.3 is 0 Å². The quantitative estimate of drug-likeness (QED) is 0.534. The van der Waals surface area contributed by atoms with Gasteiger partial charge in [-0.15, -0.1) is 0 Å². The number of ether oxygens (including phenoxy) is 1. The van der Waals surface area contributed by atoms with Gasteiger partial charge < -0.3 is 4.74 Å². The number of halogens is 1. The summed E-state index contributed by atoms with van der Waals surface area (Å²) in [6, 6.07) is 0. The highest BCUT2D eigenvalue weighted by atomic mass is 79.9. The molecule has 0 bridgehead atoms. The maximum absolute atomic E-state index is 5.54. The van der Waals surface area contributed by atoms with E-state index in [9.17, 15) is 0 Å². The van der Waals surface area contributed by atoms with Crippen molar-refractivity contribution in [2.75, 3.05) is 11.9 Å². The van der Waals surface area contributed by atoms with Crippen molar-refractivity contribution in [1.29, 1.82) is 0 Å². The van der Waals surface area contributed by atoms with E-state index in [1.165, 1.54) is 31.3 Å². The topological polar surface area (TPSA) is 9.23 Å². The molecule has 0 aromatic rings. The summed E-state index contributed by atoms with van der Waals surface area (Å²) in [7, 11) is 0. The van der Waals surface area contributed by atoms with Crippen molar-refractivity contribution in [2.24, 2.45) is 0 Å². The molecule has 1 saturated heterocycles. The fraction of sp³-hybridized carbons (Fsp3) is 0.800. The SMILES string of the molecule is CC(=CCBr)CCC1CCCO1. The third kappa shape index (κ3) is 3.72. The minimum Gasteiger partial charge on any atom is -0.378 e. The molecular weight excluding hydrogens is 216 g/mol. The van der Waals surface area contributed by atoms with Crippen molar-refractivity contribution >= 4 is 15.9 Å². The van der Waals surface area contributed by atoms with E-state index in [-0.39, 0.29) is 0 Å². The Morgan fingerprint density at radius 1 is 1.67 bits per heavy atom. The molecule has 1 rings (SSSR count). The van der Waals surface area contributed by atoms with Gasteiger partial charge in [0, 0.05) is 11.9 Å². The minimum atomic E-state index is 0.545. The van der Waals surface area contributed by atoms with Crippen LogP contribution in [0.25, 0.3) is 0 Å². The van der Waals surface area contributed by atoms with Gasteiger partial charge in [0.05, 0.1) is 6.10 Å². The second kappa shape index (κ2) is 5.76. The summed E-state index contributed by atoms with van der Waals surface area (Å²) in [5.74, 6) is 0. The maximum atomic E-state index is 5.54. The Morgan fingerprint density at radius 3 is 3.08 bits per heavy atom. The second-order valence-corrected chi connectivity index (χ2v) is 4.03. The van der Waals surface area contributed by atoms with E-state index >= 15 is 0 Å². The van der Waals surface area contributed by atoms with Gasteiger partial charge in [0.15, 0.2) is 0 Å². The first-order chi connectivity index (χ1) is 5.83. The Kier molecular flexibility index (Phi) is 4.93. The fourth-order valence-electron chi connectivity index (χ4n) is 1.49. The molecule has 1 unspecified atom stereocenters. The van der Waals surface area contributed by atoms with E-state index in [2.05, 4.69) is 28.9 Å². The molecule has 1 fully saturated rings. The van der Waals surface area contributed by atoms with Gasteiger partial charge in [-0.2, -0.15) is 0 Å². The van der Waals surface area contributed by atoms with E-state index in [1.54, 1.807) is 0 Å². The van der Waals surface area contributed by atoms with Crippen LogP contribution in [0.15, 0.2) is 11.6 Å². The number of allylic oxidation sites excluding steroid dienone is 2. The fourth-order valence-corrected chi connectivity index (χ4v) is 2.05. The van der Waals surface area contributed by atoms with Crippen molar-refractivity contribution in [1.82, 2.24) is 0 Å². The second-order valence-electron chi connectivity index (χ2n) is 3.38. The molecule has 1 aliphatic heterocycles. The summed E-state index contributed by atoms with van der Waals surface area (Å²) >= 11 is 3.40. The van der Waals surface area contributed by atoms with Crippen LogP contribution < -0.4 is 0 Å². The van der Waals surface area contributed by atoms with E-state index in [1.807, 2.05) is 0 Å². The summed E-state index contributed by atoms with van der Waals surface area (Å²) in [6.07, 6.45) is 7.69. The highest BCUT2D eigenvalue weighted by molar-refractivity contribution is 9.09. The Morgan fingerprint density at radius 2 is 2.50 bits per heavy atom. The van der Waals surface area contributed by atoms with Crippen LogP contribution in [-0.2, 0) is 4.74 Å². The molecule has 1 nitrogen and oxygen atoms in total. The normalized spacial score (nSPS) is 24.8. The standard InChI is InChI=1S/C10H17BrO/c1-9(6-7-11)4-5-10-3-2-8-12-10/h6,10H,2-5,7-8H2,1H3. The highest BCUT2D eigenvalue weighted by Crippen LogP contribution is 2.19. The smallest absolute Gasteiger partial charge is 0.0579 e. The van der Waals surface area contributed by atoms with Gasteiger partial charge in [-0.05, 0) is 32.6 Å². The maximum Gasteiger partial charge on any atom is 0.0579 e. The van der Waals surface area contributed by atoms with Gasteiger partial charge in [-0.3, -0.25) is 0 Å². The van der Waals surface area contributed by atoms with Crippen LogP contribution in [0.1, 0.15) is 32.6 Å². The van der Waals surface area contributed by atoms with Crippen LogP contribution >= 0.6 is 15.9 Å². The molecule has 1 aliphatic rings. The van der Waals surface area contributed by atoms with E-state index in [0.29, 0.717) is 6.10 Å². The monoisotopic (exact) mass is 232 g/mol.